The van der Waals surface area contributed by atoms with Crippen molar-refractivity contribution >= 4 is 10.0 Å². The Bertz CT molecular complexity index is 559. The van der Waals surface area contributed by atoms with E-state index in [1.165, 1.54) is 0 Å². The van der Waals surface area contributed by atoms with Gasteiger partial charge in [-0.05, 0) is 69.8 Å². The van der Waals surface area contributed by atoms with E-state index < -0.39 is 10.0 Å². The zero-order valence-corrected chi connectivity index (χ0v) is 14.7. The lowest BCUT2D eigenvalue weighted by molar-refractivity contribution is 0.151. The molecule has 2 rings (SSSR count). The minimum atomic E-state index is -3.38. The van der Waals surface area contributed by atoms with Gasteiger partial charge in [0.05, 0.1) is 4.90 Å². The maximum absolute atomic E-state index is 12.3. The van der Waals surface area contributed by atoms with Gasteiger partial charge in [-0.3, -0.25) is 0 Å². The van der Waals surface area contributed by atoms with Gasteiger partial charge in [-0.25, -0.2) is 13.1 Å². The molecule has 0 spiro atoms. The Hall–Kier alpha value is -0.910. The molecule has 1 heterocycles. The molecule has 1 aromatic carbocycles. The molecule has 5 heteroatoms. The summed E-state index contributed by atoms with van der Waals surface area (Å²) in [4.78, 5) is 2.82. The van der Waals surface area contributed by atoms with E-state index in [1.807, 2.05) is 12.1 Å². The van der Waals surface area contributed by atoms with E-state index in [-0.39, 0.29) is 0 Å². The fraction of sp³-hybridized carbons (Fsp3) is 0.647. The van der Waals surface area contributed by atoms with Crippen molar-refractivity contribution in [2.75, 3.05) is 19.6 Å². The summed E-state index contributed by atoms with van der Waals surface area (Å²) in [5, 5.41) is 0. The SMILES string of the molecule is CCc1ccc(S(=O)(=O)NCC2CCN(C(C)C)CC2)cc1. The van der Waals surface area contributed by atoms with Gasteiger partial charge in [0.1, 0.15) is 0 Å². The Morgan fingerprint density at radius 3 is 2.27 bits per heavy atom. The maximum Gasteiger partial charge on any atom is 0.240 e. The second-order valence-electron chi connectivity index (χ2n) is 6.42. The van der Waals surface area contributed by atoms with Gasteiger partial charge in [-0.1, -0.05) is 19.1 Å². The van der Waals surface area contributed by atoms with Crippen molar-refractivity contribution < 1.29 is 8.42 Å². The average molecular weight is 324 g/mol. The molecule has 4 nitrogen and oxygen atoms in total. The van der Waals surface area contributed by atoms with Crippen molar-refractivity contribution in [1.29, 1.82) is 0 Å². The summed E-state index contributed by atoms with van der Waals surface area (Å²) in [5.41, 5.74) is 1.15. The fourth-order valence-electron chi connectivity index (χ4n) is 2.89. The molecule has 0 amide bonds. The predicted molar refractivity (Wildman–Crippen MR) is 90.4 cm³/mol. The van der Waals surface area contributed by atoms with Crippen LogP contribution in [0.25, 0.3) is 0 Å². The molecule has 1 aromatic rings. The molecule has 1 saturated heterocycles. The van der Waals surface area contributed by atoms with Gasteiger partial charge in [-0.15, -0.1) is 0 Å². The lowest BCUT2D eigenvalue weighted by atomic mass is 9.96. The standard InChI is InChI=1S/C17H28N2O2S/c1-4-15-5-7-17(8-6-15)22(20,21)18-13-16-9-11-19(12-10-16)14(2)3/h5-8,14,16,18H,4,9-13H2,1-3H3. The number of hydrogen-bond donors (Lipinski definition) is 1. The van der Waals surface area contributed by atoms with Gasteiger partial charge in [0.15, 0.2) is 0 Å². The van der Waals surface area contributed by atoms with Crippen LogP contribution in [-0.4, -0.2) is 39.0 Å². The van der Waals surface area contributed by atoms with E-state index in [0.717, 1.165) is 37.9 Å². The molecule has 0 unspecified atom stereocenters. The third kappa shape index (κ3) is 4.54. The number of aryl methyl sites for hydroxylation is 1. The van der Waals surface area contributed by atoms with Crippen molar-refractivity contribution in [1.82, 2.24) is 9.62 Å². The van der Waals surface area contributed by atoms with Gasteiger partial charge in [0, 0.05) is 12.6 Å². The highest BCUT2D eigenvalue weighted by Crippen LogP contribution is 2.19. The highest BCUT2D eigenvalue weighted by Gasteiger charge is 2.22. The quantitative estimate of drug-likeness (QED) is 0.875. The normalized spacial score (nSPS) is 18.0. The zero-order chi connectivity index (χ0) is 16.2. The Morgan fingerprint density at radius 2 is 1.77 bits per heavy atom. The molecule has 0 atom stereocenters. The molecule has 0 radical (unpaired) electrons. The number of nitrogens with zero attached hydrogens (tertiary/aromatic N) is 1. The van der Waals surface area contributed by atoms with Crippen molar-refractivity contribution in [3.8, 4) is 0 Å². The van der Waals surface area contributed by atoms with Gasteiger partial charge < -0.3 is 4.90 Å². The average Bonchev–Trinajstić information content (AvgIpc) is 2.53. The number of sulfonamides is 1. The van der Waals surface area contributed by atoms with Crippen LogP contribution in [-0.2, 0) is 16.4 Å². The van der Waals surface area contributed by atoms with Crippen LogP contribution in [0.2, 0.25) is 0 Å². The molecular weight excluding hydrogens is 296 g/mol. The summed E-state index contributed by atoms with van der Waals surface area (Å²) >= 11 is 0. The summed E-state index contributed by atoms with van der Waals surface area (Å²) < 4.78 is 27.4. The monoisotopic (exact) mass is 324 g/mol. The number of hydrogen-bond acceptors (Lipinski definition) is 3. The van der Waals surface area contributed by atoms with E-state index in [4.69, 9.17) is 0 Å². The molecule has 1 aliphatic rings. The summed E-state index contributed by atoms with van der Waals surface area (Å²) in [7, 11) is -3.38. The number of piperidine rings is 1. The minimum Gasteiger partial charge on any atom is -0.301 e. The summed E-state index contributed by atoms with van der Waals surface area (Å²) in [6.45, 7) is 9.16. The molecule has 0 aromatic heterocycles. The third-order valence-electron chi connectivity index (χ3n) is 4.58. The summed E-state index contributed by atoms with van der Waals surface area (Å²) in [6.07, 6.45) is 3.05. The number of likely N-dealkylation sites (tertiary alicyclic amines) is 1. The third-order valence-corrected chi connectivity index (χ3v) is 6.02. The largest absolute Gasteiger partial charge is 0.301 e. The van der Waals surface area contributed by atoms with Crippen LogP contribution in [0.1, 0.15) is 39.2 Å². The molecular formula is C17H28N2O2S. The van der Waals surface area contributed by atoms with Crippen molar-refractivity contribution in [3.63, 3.8) is 0 Å². The predicted octanol–water partition coefficient (Wildman–Crippen LogP) is 2.65. The molecule has 1 aliphatic heterocycles. The number of benzene rings is 1. The lowest BCUT2D eigenvalue weighted by Gasteiger charge is -2.34. The Morgan fingerprint density at radius 1 is 1.18 bits per heavy atom. The van der Waals surface area contributed by atoms with Crippen LogP contribution in [0.15, 0.2) is 29.2 Å². The van der Waals surface area contributed by atoms with Gasteiger partial charge >= 0.3 is 0 Å². The Kier molecular flexibility index (Phi) is 6.01. The first-order valence-electron chi connectivity index (χ1n) is 8.25. The molecule has 0 aliphatic carbocycles. The van der Waals surface area contributed by atoms with Crippen molar-refractivity contribution in [2.24, 2.45) is 5.92 Å². The zero-order valence-electron chi connectivity index (χ0n) is 13.9. The lowest BCUT2D eigenvalue weighted by Crippen LogP contribution is -2.41. The second kappa shape index (κ2) is 7.57. The summed E-state index contributed by atoms with van der Waals surface area (Å²) in [5.74, 6) is 0.444. The number of nitrogens with one attached hydrogen (secondary N) is 1. The van der Waals surface area contributed by atoms with Gasteiger partial charge in [0.2, 0.25) is 10.0 Å². The summed E-state index contributed by atoms with van der Waals surface area (Å²) in [6, 6.07) is 7.74. The van der Waals surface area contributed by atoms with E-state index in [1.54, 1.807) is 12.1 Å². The highest BCUT2D eigenvalue weighted by molar-refractivity contribution is 7.89. The molecule has 22 heavy (non-hydrogen) atoms. The molecule has 0 saturated carbocycles. The first-order chi connectivity index (χ1) is 10.4. The highest BCUT2D eigenvalue weighted by atomic mass is 32.2. The van der Waals surface area contributed by atoms with E-state index in [2.05, 4.69) is 30.4 Å². The molecule has 1 fully saturated rings. The van der Waals surface area contributed by atoms with Crippen LogP contribution in [0.5, 0.6) is 0 Å². The smallest absolute Gasteiger partial charge is 0.240 e. The molecule has 0 bridgehead atoms. The van der Waals surface area contributed by atoms with E-state index in [9.17, 15) is 8.42 Å². The van der Waals surface area contributed by atoms with E-state index >= 15 is 0 Å². The van der Waals surface area contributed by atoms with Crippen LogP contribution in [0, 0.1) is 5.92 Å². The van der Waals surface area contributed by atoms with Gasteiger partial charge in [-0.2, -0.15) is 0 Å². The van der Waals surface area contributed by atoms with Gasteiger partial charge in [0.25, 0.3) is 0 Å². The number of rotatable bonds is 6. The van der Waals surface area contributed by atoms with Crippen LogP contribution < -0.4 is 4.72 Å². The van der Waals surface area contributed by atoms with Crippen molar-refractivity contribution in [2.45, 2.75) is 51.0 Å². The molecule has 1 N–H and O–H groups in total. The minimum absolute atomic E-state index is 0.365. The maximum atomic E-state index is 12.3. The Balaban J connectivity index is 1.87. The van der Waals surface area contributed by atoms with Crippen LogP contribution in [0.3, 0.4) is 0 Å². The second-order valence-corrected chi connectivity index (χ2v) is 8.19. The first kappa shape index (κ1) is 17.4. The van der Waals surface area contributed by atoms with Crippen LogP contribution >= 0.6 is 0 Å². The van der Waals surface area contributed by atoms with E-state index in [0.29, 0.717) is 23.4 Å². The fourth-order valence-corrected chi connectivity index (χ4v) is 4.00. The van der Waals surface area contributed by atoms with Crippen molar-refractivity contribution in [3.05, 3.63) is 29.8 Å². The van der Waals surface area contributed by atoms with Crippen LogP contribution in [0.4, 0.5) is 0 Å². The molecule has 124 valence electrons. The topological polar surface area (TPSA) is 49.4 Å². The Labute approximate surface area is 135 Å². The first-order valence-corrected chi connectivity index (χ1v) is 9.73.